The van der Waals surface area contributed by atoms with Gasteiger partial charge < -0.3 is 19.7 Å². The zero-order chi connectivity index (χ0) is 26.0. The molecule has 194 valence electrons. The van der Waals surface area contributed by atoms with Gasteiger partial charge in [0.15, 0.2) is 6.61 Å². The summed E-state index contributed by atoms with van der Waals surface area (Å²) in [5, 5.41) is 3.14. The highest BCUT2D eigenvalue weighted by molar-refractivity contribution is 5.88. The van der Waals surface area contributed by atoms with Crippen LogP contribution in [-0.2, 0) is 22.6 Å². The van der Waals surface area contributed by atoms with Gasteiger partial charge in [0.2, 0.25) is 5.91 Å². The Morgan fingerprint density at radius 1 is 0.946 bits per heavy atom. The molecule has 1 fully saturated rings. The molecule has 0 saturated heterocycles. The molecule has 0 aromatic heterocycles. The van der Waals surface area contributed by atoms with Crippen LogP contribution in [0.3, 0.4) is 0 Å². The lowest BCUT2D eigenvalue weighted by Gasteiger charge is -2.32. The maximum atomic E-state index is 14.7. The molecule has 2 amide bonds. The second-order valence-electron chi connectivity index (χ2n) is 9.27. The molecule has 4 rings (SSSR count). The normalized spacial score (nSPS) is 14.1. The number of nitrogens with one attached hydrogen (secondary N) is 1. The van der Waals surface area contributed by atoms with Gasteiger partial charge in [-0.15, -0.1) is 0 Å². The smallest absolute Gasteiger partial charge is 0.261 e. The predicted molar refractivity (Wildman–Crippen MR) is 140 cm³/mol. The van der Waals surface area contributed by atoms with E-state index in [0.29, 0.717) is 23.5 Å². The molecule has 1 saturated carbocycles. The summed E-state index contributed by atoms with van der Waals surface area (Å²) in [7, 11) is 1.57. The van der Waals surface area contributed by atoms with E-state index in [4.69, 9.17) is 9.47 Å². The molecule has 1 atom stereocenters. The minimum Gasteiger partial charge on any atom is -0.497 e. The summed E-state index contributed by atoms with van der Waals surface area (Å²) in [5.41, 5.74) is 1.25. The van der Waals surface area contributed by atoms with Crippen molar-refractivity contribution in [1.82, 2.24) is 10.2 Å². The first-order valence-corrected chi connectivity index (χ1v) is 12.7. The first-order chi connectivity index (χ1) is 18.0. The van der Waals surface area contributed by atoms with E-state index in [1.165, 1.54) is 11.0 Å². The molecule has 1 aliphatic carbocycles. The third-order valence-corrected chi connectivity index (χ3v) is 6.69. The Morgan fingerprint density at radius 2 is 1.59 bits per heavy atom. The lowest BCUT2D eigenvalue weighted by Crippen LogP contribution is -2.53. The summed E-state index contributed by atoms with van der Waals surface area (Å²) in [6, 6.07) is 22.0. The number of ether oxygens (including phenoxy) is 2. The predicted octanol–water partition coefficient (Wildman–Crippen LogP) is 4.91. The number of hydrogen-bond acceptors (Lipinski definition) is 4. The zero-order valence-electron chi connectivity index (χ0n) is 21.1. The van der Waals surface area contributed by atoms with Crippen molar-refractivity contribution in [1.29, 1.82) is 0 Å². The molecular formula is C30H33FN2O4. The number of benzene rings is 3. The summed E-state index contributed by atoms with van der Waals surface area (Å²) in [6.07, 6.45) is 4.29. The van der Waals surface area contributed by atoms with Crippen molar-refractivity contribution in [2.24, 2.45) is 0 Å². The van der Waals surface area contributed by atoms with E-state index < -0.39 is 17.8 Å². The Kier molecular flexibility index (Phi) is 9.13. The Labute approximate surface area is 217 Å². The van der Waals surface area contributed by atoms with Gasteiger partial charge in [0.05, 0.1) is 7.11 Å². The van der Waals surface area contributed by atoms with E-state index >= 15 is 0 Å². The third-order valence-electron chi connectivity index (χ3n) is 6.69. The van der Waals surface area contributed by atoms with E-state index in [9.17, 15) is 14.0 Å². The fourth-order valence-corrected chi connectivity index (χ4v) is 4.63. The number of hydrogen-bond donors (Lipinski definition) is 1. The molecule has 0 spiro atoms. The van der Waals surface area contributed by atoms with Crippen LogP contribution in [-0.4, -0.2) is 42.5 Å². The molecule has 0 bridgehead atoms. The van der Waals surface area contributed by atoms with E-state index in [0.717, 1.165) is 31.2 Å². The van der Waals surface area contributed by atoms with Crippen molar-refractivity contribution < 1.29 is 23.5 Å². The zero-order valence-corrected chi connectivity index (χ0v) is 21.1. The van der Waals surface area contributed by atoms with Gasteiger partial charge in [0.1, 0.15) is 23.4 Å². The topological polar surface area (TPSA) is 67.9 Å². The van der Waals surface area contributed by atoms with Crippen LogP contribution in [0, 0.1) is 5.82 Å². The molecule has 7 heteroatoms. The number of methoxy groups -OCH3 is 1. The fourth-order valence-electron chi connectivity index (χ4n) is 4.63. The van der Waals surface area contributed by atoms with Gasteiger partial charge in [-0.1, -0.05) is 61.4 Å². The van der Waals surface area contributed by atoms with E-state index in [2.05, 4.69) is 5.32 Å². The van der Waals surface area contributed by atoms with Gasteiger partial charge in [-0.3, -0.25) is 9.59 Å². The molecule has 3 aromatic carbocycles. The molecule has 0 unspecified atom stereocenters. The largest absolute Gasteiger partial charge is 0.497 e. The summed E-state index contributed by atoms with van der Waals surface area (Å²) < 4.78 is 25.6. The number of amides is 2. The standard InChI is InChI=1S/C30H33FN2O4/c1-36-25-15-17-26(18-16-25)37-21-29(34)33(20-23-11-5-8-14-27(23)31)28(19-22-9-3-2-4-10-22)30(35)32-24-12-6-7-13-24/h2-5,8-11,14-18,24,28H,6-7,12-13,19-21H2,1H3,(H,32,35)/t28-/m0/s1. The quantitative estimate of drug-likeness (QED) is 0.403. The first kappa shape index (κ1) is 26.2. The summed E-state index contributed by atoms with van der Waals surface area (Å²) >= 11 is 0. The molecular weight excluding hydrogens is 471 g/mol. The summed E-state index contributed by atoms with van der Waals surface area (Å²) in [5.74, 6) is 0.110. The maximum absolute atomic E-state index is 14.7. The highest BCUT2D eigenvalue weighted by Crippen LogP contribution is 2.21. The van der Waals surface area contributed by atoms with Crippen LogP contribution in [0.5, 0.6) is 11.5 Å². The average Bonchev–Trinajstić information content (AvgIpc) is 3.44. The maximum Gasteiger partial charge on any atom is 0.261 e. The average molecular weight is 505 g/mol. The van der Waals surface area contributed by atoms with Crippen molar-refractivity contribution in [2.75, 3.05) is 13.7 Å². The second kappa shape index (κ2) is 12.9. The lowest BCUT2D eigenvalue weighted by molar-refractivity contribution is -0.143. The minimum atomic E-state index is -0.824. The van der Waals surface area contributed by atoms with Crippen LogP contribution in [0.2, 0.25) is 0 Å². The molecule has 0 heterocycles. The lowest BCUT2D eigenvalue weighted by atomic mass is 10.0. The molecule has 1 N–H and O–H groups in total. The number of carbonyl (C=O) groups excluding carboxylic acids is 2. The minimum absolute atomic E-state index is 0.0485. The Bertz CT molecular complexity index is 1160. The molecule has 0 radical (unpaired) electrons. The third kappa shape index (κ3) is 7.32. The van der Waals surface area contributed by atoms with Crippen LogP contribution < -0.4 is 14.8 Å². The van der Waals surface area contributed by atoms with Crippen molar-refractivity contribution in [3.8, 4) is 11.5 Å². The van der Waals surface area contributed by atoms with E-state index in [-0.39, 0.29) is 25.1 Å². The van der Waals surface area contributed by atoms with Crippen molar-refractivity contribution in [2.45, 2.75) is 50.7 Å². The van der Waals surface area contributed by atoms with E-state index in [1.807, 2.05) is 30.3 Å². The van der Waals surface area contributed by atoms with Gasteiger partial charge in [-0.25, -0.2) is 4.39 Å². The van der Waals surface area contributed by atoms with Gasteiger partial charge >= 0.3 is 0 Å². The highest BCUT2D eigenvalue weighted by atomic mass is 19.1. The number of nitrogens with zero attached hydrogens (tertiary/aromatic N) is 1. The van der Waals surface area contributed by atoms with Gasteiger partial charge in [-0.2, -0.15) is 0 Å². The SMILES string of the molecule is COc1ccc(OCC(=O)N(Cc2ccccc2F)[C@@H](Cc2ccccc2)C(=O)NC2CCCC2)cc1. The monoisotopic (exact) mass is 504 g/mol. The second-order valence-corrected chi connectivity index (χ2v) is 9.27. The number of carbonyl (C=O) groups is 2. The fraction of sp³-hybridized carbons (Fsp3) is 0.333. The highest BCUT2D eigenvalue weighted by Gasteiger charge is 2.32. The van der Waals surface area contributed by atoms with E-state index in [1.54, 1.807) is 49.6 Å². The van der Waals surface area contributed by atoms with Crippen LogP contribution >= 0.6 is 0 Å². The summed E-state index contributed by atoms with van der Waals surface area (Å²) in [4.78, 5) is 28.7. The van der Waals surface area contributed by atoms with Crippen LogP contribution in [0.4, 0.5) is 4.39 Å². The van der Waals surface area contributed by atoms with Gasteiger partial charge in [0.25, 0.3) is 5.91 Å². The summed E-state index contributed by atoms with van der Waals surface area (Å²) in [6.45, 7) is -0.337. The van der Waals surface area contributed by atoms with Crippen LogP contribution in [0.1, 0.15) is 36.8 Å². The number of halogens is 1. The van der Waals surface area contributed by atoms with Crippen molar-refractivity contribution >= 4 is 11.8 Å². The Hall–Kier alpha value is -3.87. The number of rotatable bonds is 11. The molecule has 1 aliphatic rings. The first-order valence-electron chi connectivity index (χ1n) is 12.7. The van der Waals surface area contributed by atoms with Gasteiger partial charge in [-0.05, 0) is 48.7 Å². The Balaban J connectivity index is 1.60. The van der Waals surface area contributed by atoms with Gasteiger partial charge in [0, 0.05) is 24.6 Å². The van der Waals surface area contributed by atoms with Crippen LogP contribution in [0.25, 0.3) is 0 Å². The molecule has 3 aromatic rings. The molecule has 0 aliphatic heterocycles. The Morgan fingerprint density at radius 3 is 2.27 bits per heavy atom. The van der Waals surface area contributed by atoms with Crippen molar-refractivity contribution in [3.05, 3.63) is 95.8 Å². The molecule has 6 nitrogen and oxygen atoms in total. The van der Waals surface area contributed by atoms with Crippen molar-refractivity contribution in [3.63, 3.8) is 0 Å². The molecule has 37 heavy (non-hydrogen) atoms. The van der Waals surface area contributed by atoms with Crippen LogP contribution in [0.15, 0.2) is 78.9 Å².